The van der Waals surface area contributed by atoms with Crippen LogP contribution >= 0.6 is 0 Å². The minimum absolute atomic E-state index is 0.297. The topological polar surface area (TPSA) is 29.3 Å². The third-order valence-electron chi connectivity index (χ3n) is 3.50. The molecule has 22 heavy (non-hydrogen) atoms. The van der Waals surface area contributed by atoms with Crippen LogP contribution in [0.25, 0.3) is 11.5 Å². The quantitative estimate of drug-likeness (QED) is 0.713. The van der Waals surface area contributed by atoms with Crippen LogP contribution in [0.5, 0.6) is 0 Å². The van der Waals surface area contributed by atoms with Crippen LogP contribution in [0.1, 0.15) is 11.3 Å². The molecule has 0 radical (unpaired) electrons. The van der Waals surface area contributed by atoms with Gasteiger partial charge in [0.2, 0.25) is 5.89 Å². The molecule has 0 amide bonds. The summed E-state index contributed by atoms with van der Waals surface area (Å²) >= 11 is 0. The molecule has 0 aliphatic heterocycles. The average molecular weight is 296 g/mol. The maximum absolute atomic E-state index is 13.2. The van der Waals surface area contributed by atoms with E-state index >= 15 is 0 Å². The molecule has 4 heteroatoms. The number of benzene rings is 2. The molecule has 0 fully saturated rings. The molecule has 1 heterocycles. The maximum atomic E-state index is 13.2. The molecule has 3 rings (SSSR count). The largest absolute Gasteiger partial charge is 0.444 e. The molecular weight excluding hydrogens is 279 g/mol. The molecule has 112 valence electrons. The lowest BCUT2D eigenvalue weighted by molar-refractivity contribution is 0.570. The van der Waals surface area contributed by atoms with Crippen LogP contribution in [-0.2, 0) is 6.54 Å². The minimum Gasteiger partial charge on any atom is -0.444 e. The van der Waals surface area contributed by atoms with Crippen molar-refractivity contribution in [1.82, 2.24) is 4.98 Å². The molecule has 0 unspecified atom stereocenters. The number of anilines is 1. The highest BCUT2D eigenvalue weighted by atomic mass is 19.1. The fraction of sp³-hybridized carbons (Fsp3) is 0.167. The first-order chi connectivity index (χ1) is 10.6. The first kappa shape index (κ1) is 14.3. The summed E-state index contributed by atoms with van der Waals surface area (Å²) in [6.45, 7) is 2.69. The summed E-state index contributed by atoms with van der Waals surface area (Å²) in [7, 11) is 2.00. The molecule has 0 atom stereocenters. The van der Waals surface area contributed by atoms with E-state index in [-0.39, 0.29) is 5.82 Å². The molecule has 0 aliphatic rings. The molecule has 1 aromatic heterocycles. The fourth-order valence-electron chi connectivity index (χ4n) is 2.27. The van der Waals surface area contributed by atoms with Gasteiger partial charge in [-0.05, 0) is 37.3 Å². The van der Waals surface area contributed by atoms with Crippen LogP contribution in [0.4, 0.5) is 10.1 Å². The zero-order valence-corrected chi connectivity index (χ0v) is 12.6. The number of aromatic nitrogens is 1. The molecule has 0 saturated carbocycles. The summed E-state index contributed by atoms with van der Waals surface area (Å²) in [5.41, 5.74) is 3.79. The van der Waals surface area contributed by atoms with E-state index in [1.54, 1.807) is 18.4 Å². The van der Waals surface area contributed by atoms with Gasteiger partial charge in [-0.1, -0.05) is 23.8 Å². The number of aryl methyl sites for hydroxylation is 1. The van der Waals surface area contributed by atoms with Gasteiger partial charge in [0, 0.05) is 18.3 Å². The monoisotopic (exact) mass is 296 g/mol. The smallest absolute Gasteiger partial charge is 0.226 e. The highest BCUT2D eigenvalue weighted by molar-refractivity contribution is 5.53. The lowest BCUT2D eigenvalue weighted by atomic mass is 10.2. The number of halogens is 1. The Kier molecular flexibility index (Phi) is 3.92. The van der Waals surface area contributed by atoms with Gasteiger partial charge in [-0.25, -0.2) is 9.37 Å². The van der Waals surface area contributed by atoms with E-state index in [1.807, 2.05) is 7.05 Å². The molecule has 0 aliphatic carbocycles. The lowest BCUT2D eigenvalue weighted by Crippen LogP contribution is -2.16. The SMILES string of the molecule is Cc1ccc(N(C)Cc2coc(-c3cccc(F)c3)n2)cc1. The van der Waals surface area contributed by atoms with Crippen LogP contribution in [0.2, 0.25) is 0 Å². The Labute approximate surface area is 129 Å². The van der Waals surface area contributed by atoms with E-state index in [4.69, 9.17) is 4.42 Å². The van der Waals surface area contributed by atoms with Gasteiger partial charge in [0.15, 0.2) is 0 Å². The lowest BCUT2D eigenvalue weighted by Gasteiger charge is -2.17. The molecule has 0 bridgehead atoms. The molecular formula is C18H17FN2O. The van der Waals surface area contributed by atoms with Crippen molar-refractivity contribution >= 4 is 5.69 Å². The van der Waals surface area contributed by atoms with E-state index in [1.165, 1.54) is 17.7 Å². The van der Waals surface area contributed by atoms with E-state index in [0.717, 1.165) is 11.4 Å². The van der Waals surface area contributed by atoms with Crippen molar-refractivity contribution in [2.24, 2.45) is 0 Å². The van der Waals surface area contributed by atoms with E-state index in [2.05, 4.69) is 41.1 Å². The average Bonchev–Trinajstić information content (AvgIpc) is 2.96. The Morgan fingerprint density at radius 1 is 1.14 bits per heavy atom. The van der Waals surface area contributed by atoms with Crippen molar-refractivity contribution in [3.63, 3.8) is 0 Å². The number of nitrogens with zero attached hydrogens (tertiary/aromatic N) is 2. The summed E-state index contributed by atoms with van der Waals surface area (Å²) in [5, 5.41) is 0. The van der Waals surface area contributed by atoms with Crippen LogP contribution < -0.4 is 4.90 Å². The molecule has 2 aromatic carbocycles. The van der Waals surface area contributed by atoms with Gasteiger partial charge in [0.05, 0.1) is 12.2 Å². The molecule has 0 spiro atoms. The van der Waals surface area contributed by atoms with Crippen LogP contribution in [0, 0.1) is 12.7 Å². The Morgan fingerprint density at radius 2 is 1.91 bits per heavy atom. The van der Waals surface area contributed by atoms with Crippen molar-refractivity contribution in [1.29, 1.82) is 0 Å². The second kappa shape index (κ2) is 6.02. The van der Waals surface area contributed by atoms with Gasteiger partial charge in [-0.2, -0.15) is 0 Å². The highest BCUT2D eigenvalue weighted by Gasteiger charge is 2.10. The molecule has 0 saturated heterocycles. The Hall–Kier alpha value is -2.62. The zero-order chi connectivity index (χ0) is 15.5. The molecule has 3 nitrogen and oxygen atoms in total. The number of rotatable bonds is 4. The Bertz CT molecular complexity index is 765. The summed E-state index contributed by atoms with van der Waals surface area (Å²) in [6, 6.07) is 14.5. The summed E-state index contributed by atoms with van der Waals surface area (Å²) in [6.07, 6.45) is 1.62. The third kappa shape index (κ3) is 3.17. The van der Waals surface area contributed by atoms with Gasteiger partial charge >= 0.3 is 0 Å². The summed E-state index contributed by atoms with van der Waals surface area (Å²) in [4.78, 5) is 6.52. The van der Waals surface area contributed by atoms with E-state index < -0.39 is 0 Å². The molecule has 0 N–H and O–H groups in total. The predicted octanol–water partition coefficient (Wildman–Crippen LogP) is 4.43. The van der Waals surface area contributed by atoms with E-state index in [0.29, 0.717) is 18.0 Å². The second-order valence-corrected chi connectivity index (χ2v) is 5.35. The fourth-order valence-corrected chi connectivity index (χ4v) is 2.27. The van der Waals surface area contributed by atoms with Crippen molar-refractivity contribution in [3.8, 4) is 11.5 Å². The standard InChI is InChI=1S/C18H17FN2O/c1-13-6-8-17(9-7-13)21(2)11-16-12-22-18(20-16)14-4-3-5-15(19)10-14/h3-10,12H,11H2,1-2H3. The summed E-state index contributed by atoms with van der Waals surface area (Å²) < 4.78 is 18.7. The van der Waals surface area contributed by atoms with Crippen molar-refractivity contribution in [2.45, 2.75) is 13.5 Å². The van der Waals surface area contributed by atoms with Gasteiger partial charge in [-0.15, -0.1) is 0 Å². The Balaban J connectivity index is 1.75. The van der Waals surface area contributed by atoms with E-state index in [9.17, 15) is 4.39 Å². The van der Waals surface area contributed by atoms with Gasteiger partial charge in [0.25, 0.3) is 0 Å². The first-order valence-corrected chi connectivity index (χ1v) is 7.10. The normalized spacial score (nSPS) is 10.7. The van der Waals surface area contributed by atoms with Gasteiger partial charge in [0.1, 0.15) is 12.1 Å². The Morgan fingerprint density at radius 3 is 2.64 bits per heavy atom. The number of hydrogen-bond donors (Lipinski definition) is 0. The molecule has 3 aromatic rings. The minimum atomic E-state index is -0.297. The van der Waals surface area contributed by atoms with Crippen LogP contribution in [0.3, 0.4) is 0 Å². The van der Waals surface area contributed by atoms with Crippen LogP contribution in [0.15, 0.2) is 59.2 Å². The van der Waals surface area contributed by atoms with Crippen molar-refractivity contribution in [2.75, 3.05) is 11.9 Å². The first-order valence-electron chi connectivity index (χ1n) is 7.10. The van der Waals surface area contributed by atoms with Crippen molar-refractivity contribution in [3.05, 3.63) is 71.9 Å². The predicted molar refractivity (Wildman–Crippen MR) is 85.2 cm³/mol. The van der Waals surface area contributed by atoms with Gasteiger partial charge in [-0.3, -0.25) is 0 Å². The van der Waals surface area contributed by atoms with Gasteiger partial charge < -0.3 is 9.32 Å². The summed E-state index contributed by atoms with van der Waals surface area (Å²) in [5.74, 6) is 0.140. The number of hydrogen-bond acceptors (Lipinski definition) is 3. The number of oxazole rings is 1. The van der Waals surface area contributed by atoms with Crippen LogP contribution in [-0.4, -0.2) is 12.0 Å². The third-order valence-corrected chi connectivity index (χ3v) is 3.50. The maximum Gasteiger partial charge on any atom is 0.226 e. The zero-order valence-electron chi connectivity index (χ0n) is 12.6. The highest BCUT2D eigenvalue weighted by Crippen LogP contribution is 2.21. The second-order valence-electron chi connectivity index (χ2n) is 5.35. The van der Waals surface area contributed by atoms with Crippen molar-refractivity contribution < 1.29 is 8.81 Å².